The van der Waals surface area contributed by atoms with Gasteiger partial charge in [0, 0.05) is 31.5 Å². The summed E-state index contributed by atoms with van der Waals surface area (Å²) in [5.74, 6) is -0.753. The zero-order valence-electron chi connectivity index (χ0n) is 12.3. The highest BCUT2D eigenvalue weighted by molar-refractivity contribution is 5.68. The number of hydrogen-bond acceptors (Lipinski definition) is 7. The molecular weight excluding hydrogens is 306 g/mol. The van der Waals surface area contributed by atoms with Crippen molar-refractivity contribution in [2.45, 2.75) is 20.1 Å². The molecule has 1 aromatic carbocycles. The van der Waals surface area contributed by atoms with Gasteiger partial charge in [-0.05, 0) is 24.3 Å². The Morgan fingerprint density at radius 1 is 1.04 bits per heavy atom. The Bertz CT molecular complexity index is 717. The first-order valence-corrected chi connectivity index (χ1v) is 6.56. The van der Waals surface area contributed by atoms with E-state index in [0.717, 1.165) is 0 Å². The van der Waals surface area contributed by atoms with Crippen LogP contribution in [0.4, 0.5) is 5.69 Å². The molecule has 0 aliphatic heterocycles. The average molecular weight is 319 g/mol. The third kappa shape index (κ3) is 4.16. The van der Waals surface area contributed by atoms with Crippen LogP contribution in [-0.4, -0.2) is 16.9 Å². The van der Waals surface area contributed by atoms with E-state index < -0.39 is 23.2 Å². The molecule has 0 atom stereocenters. The van der Waals surface area contributed by atoms with E-state index in [1.165, 1.54) is 44.2 Å². The second-order valence-electron chi connectivity index (χ2n) is 4.56. The molecule has 0 amide bonds. The van der Waals surface area contributed by atoms with Crippen LogP contribution in [0.1, 0.15) is 25.9 Å². The number of nitrogens with zero attached hydrogens (tertiary/aromatic N) is 1. The van der Waals surface area contributed by atoms with Crippen molar-refractivity contribution in [1.29, 1.82) is 0 Å². The fraction of sp³-hybridized carbons (Fsp3) is 0.200. The van der Waals surface area contributed by atoms with Crippen LogP contribution in [0, 0.1) is 10.1 Å². The highest BCUT2D eigenvalue weighted by atomic mass is 16.7. The van der Waals surface area contributed by atoms with Gasteiger partial charge >= 0.3 is 18.2 Å². The van der Waals surface area contributed by atoms with Crippen LogP contribution in [0.15, 0.2) is 40.8 Å². The van der Waals surface area contributed by atoms with Gasteiger partial charge in [0.15, 0.2) is 5.76 Å². The van der Waals surface area contributed by atoms with E-state index in [9.17, 15) is 19.7 Å². The number of hydrogen-bond donors (Lipinski definition) is 0. The van der Waals surface area contributed by atoms with E-state index in [1.807, 2.05) is 0 Å². The van der Waals surface area contributed by atoms with E-state index in [4.69, 9.17) is 13.9 Å². The van der Waals surface area contributed by atoms with Gasteiger partial charge in [-0.1, -0.05) is 0 Å². The molecule has 8 heteroatoms. The summed E-state index contributed by atoms with van der Waals surface area (Å²) in [5.41, 5.74) is 0.546. The second-order valence-corrected chi connectivity index (χ2v) is 4.56. The minimum absolute atomic E-state index is 0.0433. The summed E-state index contributed by atoms with van der Waals surface area (Å²) in [4.78, 5) is 32.3. The average Bonchev–Trinajstić information content (AvgIpc) is 2.95. The van der Waals surface area contributed by atoms with Crippen LogP contribution in [0.2, 0.25) is 0 Å². The molecule has 0 bridgehead atoms. The Labute approximate surface area is 130 Å². The molecule has 1 aromatic heterocycles. The summed E-state index contributed by atoms with van der Waals surface area (Å²) in [5, 5.41) is 10.6. The maximum Gasteiger partial charge on any atom is 0.306 e. The van der Waals surface area contributed by atoms with E-state index in [1.54, 1.807) is 6.07 Å². The number of rotatable bonds is 5. The second kappa shape index (κ2) is 6.73. The molecule has 2 aromatic rings. The minimum Gasteiger partial charge on any atom is -0.453 e. The van der Waals surface area contributed by atoms with Crippen molar-refractivity contribution in [2.24, 2.45) is 0 Å². The largest absolute Gasteiger partial charge is 0.453 e. The van der Waals surface area contributed by atoms with Crippen molar-refractivity contribution in [3.8, 4) is 11.3 Å². The van der Waals surface area contributed by atoms with Crippen LogP contribution in [0.25, 0.3) is 11.3 Å². The van der Waals surface area contributed by atoms with E-state index >= 15 is 0 Å². The summed E-state index contributed by atoms with van der Waals surface area (Å²) in [7, 11) is 0. The topological polar surface area (TPSA) is 109 Å². The fourth-order valence-corrected chi connectivity index (χ4v) is 1.82. The predicted octanol–water partition coefficient (Wildman–Crippen LogP) is 2.98. The summed E-state index contributed by atoms with van der Waals surface area (Å²) >= 11 is 0. The number of carbonyl (C=O) groups excluding carboxylic acids is 2. The maximum absolute atomic E-state index is 11.1. The molecule has 0 spiro atoms. The molecule has 23 heavy (non-hydrogen) atoms. The van der Waals surface area contributed by atoms with Gasteiger partial charge in [0.2, 0.25) is 0 Å². The highest BCUT2D eigenvalue weighted by Crippen LogP contribution is 2.29. The number of benzene rings is 1. The SMILES string of the molecule is CC(=O)OC(OC(C)=O)c1ccc(-c2ccc([N+](=O)[O-])cc2)o1. The summed E-state index contributed by atoms with van der Waals surface area (Å²) < 4.78 is 15.3. The predicted molar refractivity (Wildman–Crippen MR) is 77.1 cm³/mol. The molecule has 0 N–H and O–H groups in total. The number of nitro benzene ring substituents is 1. The molecule has 0 radical (unpaired) electrons. The molecule has 2 rings (SSSR count). The van der Waals surface area contributed by atoms with Gasteiger partial charge < -0.3 is 13.9 Å². The maximum atomic E-state index is 11.1. The first-order valence-electron chi connectivity index (χ1n) is 6.56. The Kier molecular flexibility index (Phi) is 4.75. The van der Waals surface area contributed by atoms with Gasteiger partial charge in [-0.25, -0.2) is 0 Å². The number of furan rings is 1. The molecular formula is C15H13NO7. The number of esters is 2. The lowest BCUT2D eigenvalue weighted by Gasteiger charge is -2.13. The standard InChI is InChI=1S/C15H13NO7/c1-9(17)21-15(22-10(2)18)14-8-7-13(23-14)11-3-5-12(6-4-11)16(19)20/h3-8,15H,1-2H3. The number of carbonyl (C=O) groups is 2. The molecule has 8 nitrogen and oxygen atoms in total. The Balaban J connectivity index is 2.25. The summed E-state index contributed by atoms with van der Waals surface area (Å²) in [6.07, 6.45) is -1.28. The van der Waals surface area contributed by atoms with Gasteiger partial charge in [0.05, 0.1) is 4.92 Å². The van der Waals surface area contributed by atoms with Crippen molar-refractivity contribution < 1.29 is 28.4 Å². The van der Waals surface area contributed by atoms with E-state index in [2.05, 4.69) is 0 Å². The molecule has 0 aliphatic carbocycles. The summed E-state index contributed by atoms with van der Waals surface area (Å²) in [6.45, 7) is 2.35. The molecule has 0 unspecified atom stereocenters. The Hall–Kier alpha value is -3.16. The lowest BCUT2D eigenvalue weighted by Crippen LogP contribution is -2.14. The molecule has 0 fully saturated rings. The van der Waals surface area contributed by atoms with Crippen molar-refractivity contribution in [1.82, 2.24) is 0 Å². The zero-order valence-corrected chi connectivity index (χ0v) is 12.3. The molecule has 1 heterocycles. The van der Waals surface area contributed by atoms with Crippen molar-refractivity contribution in [2.75, 3.05) is 0 Å². The van der Waals surface area contributed by atoms with Crippen LogP contribution >= 0.6 is 0 Å². The van der Waals surface area contributed by atoms with Crippen molar-refractivity contribution >= 4 is 17.6 Å². The first kappa shape index (κ1) is 16.2. The minimum atomic E-state index is -1.28. The summed E-state index contributed by atoms with van der Waals surface area (Å²) in [6, 6.07) is 8.80. The molecule has 0 saturated heterocycles. The molecule has 0 aliphatic rings. The zero-order chi connectivity index (χ0) is 17.0. The van der Waals surface area contributed by atoms with Gasteiger partial charge in [-0.15, -0.1) is 0 Å². The number of nitro groups is 1. The van der Waals surface area contributed by atoms with Gasteiger partial charge in [-0.2, -0.15) is 0 Å². The first-order chi connectivity index (χ1) is 10.9. The van der Waals surface area contributed by atoms with Crippen LogP contribution in [0.5, 0.6) is 0 Å². The Morgan fingerprint density at radius 3 is 2.09 bits per heavy atom. The Morgan fingerprint density at radius 2 is 1.61 bits per heavy atom. The van der Waals surface area contributed by atoms with Gasteiger partial charge in [0.25, 0.3) is 5.69 Å². The van der Waals surface area contributed by atoms with Gasteiger partial charge in [-0.3, -0.25) is 19.7 Å². The van der Waals surface area contributed by atoms with Crippen LogP contribution < -0.4 is 0 Å². The van der Waals surface area contributed by atoms with Crippen molar-refractivity contribution in [3.63, 3.8) is 0 Å². The van der Waals surface area contributed by atoms with Crippen LogP contribution in [-0.2, 0) is 19.1 Å². The monoisotopic (exact) mass is 319 g/mol. The van der Waals surface area contributed by atoms with E-state index in [0.29, 0.717) is 11.3 Å². The molecule has 0 saturated carbocycles. The highest BCUT2D eigenvalue weighted by Gasteiger charge is 2.22. The number of ether oxygens (including phenoxy) is 2. The van der Waals surface area contributed by atoms with Crippen LogP contribution in [0.3, 0.4) is 0 Å². The lowest BCUT2D eigenvalue weighted by atomic mass is 10.1. The third-order valence-electron chi connectivity index (χ3n) is 2.77. The lowest BCUT2D eigenvalue weighted by molar-refractivity contribution is -0.384. The molecule has 120 valence electrons. The number of non-ortho nitro benzene ring substituents is 1. The quantitative estimate of drug-likeness (QED) is 0.360. The fourth-order valence-electron chi connectivity index (χ4n) is 1.82. The third-order valence-corrected chi connectivity index (χ3v) is 2.77. The van der Waals surface area contributed by atoms with Crippen molar-refractivity contribution in [3.05, 3.63) is 52.3 Å². The smallest absolute Gasteiger partial charge is 0.306 e. The van der Waals surface area contributed by atoms with Gasteiger partial charge in [0.1, 0.15) is 5.76 Å². The van der Waals surface area contributed by atoms with E-state index in [-0.39, 0.29) is 11.4 Å². The normalized spacial score (nSPS) is 10.4.